The quantitative estimate of drug-likeness (QED) is 0.616. The summed E-state index contributed by atoms with van der Waals surface area (Å²) in [4.78, 5) is 17.1. The van der Waals surface area contributed by atoms with Crippen LogP contribution in [0.2, 0.25) is 0 Å². The first-order valence-corrected chi connectivity index (χ1v) is 7.08. The lowest BCUT2D eigenvalue weighted by molar-refractivity contribution is -0.0250. The highest BCUT2D eigenvalue weighted by molar-refractivity contribution is 5.65. The van der Waals surface area contributed by atoms with E-state index in [9.17, 15) is 4.79 Å². The molecule has 0 fully saturated rings. The second-order valence-electron chi connectivity index (χ2n) is 4.71. The second-order valence-corrected chi connectivity index (χ2v) is 4.71. The van der Waals surface area contributed by atoms with Crippen LogP contribution in [-0.2, 0) is 16.2 Å². The average Bonchev–Trinajstić information content (AvgIpc) is 2.58. The molecule has 1 unspecified atom stereocenters. The molecule has 0 bridgehead atoms. The molecule has 0 spiro atoms. The normalized spacial score (nSPS) is 11.5. The Labute approximate surface area is 130 Å². The monoisotopic (exact) mass is 297 g/mol. The molecular weight excluding hydrogens is 278 g/mol. The van der Waals surface area contributed by atoms with Gasteiger partial charge in [-0.3, -0.25) is 4.84 Å². The zero-order chi connectivity index (χ0) is 15.6. The Morgan fingerprint density at radius 2 is 1.73 bits per heavy atom. The average molecular weight is 297 g/mol. The molecule has 0 aliphatic carbocycles. The molecule has 0 heterocycles. The molecule has 2 aromatic carbocycles. The maximum atomic E-state index is 11.7. The van der Waals surface area contributed by atoms with E-state index >= 15 is 0 Å². The summed E-state index contributed by atoms with van der Waals surface area (Å²) >= 11 is 0. The zero-order valence-electron chi connectivity index (χ0n) is 12.3. The summed E-state index contributed by atoms with van der Waals surface area (Å²) in [5.41, 5.74) is 4.21. The van der Waals surface area contributed by atoms with Crippen molar-refractivity contribution < 1.29 is 14.4 Å². The topological polar surface area (TPSA) is 47.6 Å². The standard InChI is InChI=1S/C18H19NO3/c1-2-9-17(16-12-7-4-8-13-16)22-19-18(20)21-14-15-10-5-3-6-11-15/h2-8,10-13,17H,1,9,14H2,(H,19,20). The maximum absolute atomic E-state index is 11.7. The van der Waals surface area contributed by atoms with E-state index in [4.69, 9.17) is 9.57 Å². The number of hydroxylamine groups is 1. The van der Waals surface area contributed by atoms with Crippen LogP contribution in [0.25, 0.3) is 0 Å². The van der Waals surface area contributed by atoms with E-state index in [0.29, 0.717) is 6.42 Å². The smallest absolute Gasteiger partial charge is 0.431 e. The minimum atomic E-state index is -0.617. The van der Waals surface area contributed by atoms with Crippen LogP contribution in [0.4, 0.5) is 4.79 Å². The second kappa shape index (κ2) is 8.64. The highest BCUT2D eigenvalue weighted by Crippen LogP contribution is 2.20. The van der Waals surface area contributed by atoms with Gasteiger partial charge in [-0.1, -0.05) is 66.7 Å². The van der Waals surface area contributed by atoms with Gasteiger partial charge >= 0.3 is 6.09 Å². The highest BCUT2D eigenvalue weighted by Gasteiger charge is 2.12. The third-order valence-corrected chi connectivity index (χ3v) is 3.05. The molecular formula is C18H19NO3. The van der Waals surface area contributed by atoms with Crippen molar-refractivity contribution in [2.24, 2.45) is 0 Å². The Balaban J connectivity index is 1.81. The van der Waals surface area contributed by atoms with Crippen LogP contribution < -0.4 is 5.48 Å². The largest absolute Gasteiger partial charge is 0.443 e. The summed E-state index contributed by atoms with van der Waals surface area (Å²) < 4.78 is 5.09. The molecule has 1 amide bonds. The first-order valence-electron chi connectivity index (χ1n) is 7.08. The Hall–Kier alpha value is -2.59. The van der Waals surface area contributed by atoms with E-state index in [2.05, 4.69) is 12.1 Å². The van der Waals surface area contributed by atoms with Crippen LogP contribution in [0.1, 0.15) is 23.7 Å². The number of nitrogens with one attached hydrogen (secondary N) is 1. The van der Waals surface area contributed by atoms with Crippen LogP contribution in [-0.4, -0.2) is 6.09 Å². The molecule has 0 aromatic heterocycles. The van der Waals surface area contributed by atoms with Crippen LogP contribution in [0.5, 0.6) is 0 Å². The van der Waals surface area contributed by atoms with E-state index in [-0.39, 0.29) is 12.7 Å². The van der Waals surface area contributed by atoms with Crippen molar-refractivity contribution in [1.29, 1.82) is 0 Å². The minimum Gasteiger partial charge on any atom is -0.443 e. The van der Waals surface area contributed by atoms with E-state index < -0.39 is 6.09 Å². The maximum Gasteiger partial charge on any atom is 0.431 e. The van der Waals surface area contributed by atoms with Crippen LogP contribution >= 0.6 is 0 Å². The number of carbonyl (C=O) groups is 1. The van der Waals surface area contributed by atoms with Crippen LogP contribution in [0, 0.1) is 0 Å². The van der Waals surface area contributed by atoms with Crippen molar-refractivity contribution in [2.45, 2.75) is 19.1 Å². The summed E-state index contributed by atoms with van der Waals surface area (Å²) in [5.74, 6) is 0. The van der Waals surface area contributed by atoms with Crippen molar-refractivity contribution >= 4 is 6.09 Å². The number of amides is 1. The molecule has 1 atom stereocenters. The van der Waals surface area contributed by atoms with Gasteiger partial charge in [0.15, 0.2) is 0 Å². The lowest BCUT2D eigenvalue weighted by atomic mass is 10.1. The number of hydrogen-bond donors (Lipinski definition) is 1. The molecule has 4 heteroatoms. The molecule has 0 radical (unpaired) electrons. The van der Waals surface area contributed by atoms with Crippen molar-refractivity contribution in [3.8, 4) is 0 Å². The van der Waals surface area contributed by atoms with Gasteiger partial charge in [0.25, 0.3) is 0 Å². The van der Waals surface area contributed by atoms with Gasteiger partial charge in [0.05, 0.1) is 0 Å². The predicted octanol–water partition coefficient (Wildman–Crippen LogP) is 4.16. The molecule has 0 aliphatic heterocycles. The fourth-order valence-electron chi connectivity index (χ4n) is 1.94. The zero-order valence-corrected chi connectivity index (χ0v) is 12.3. The molecule has 0 aliphatic rings. The summed E-state index contributed by atoms with van der Waals surface area (Å²) in [6.07, 6.45) is 1.43. The van der Waals surface area contributed by atoms with Crippen molar-refractivity contribution in [1.82, 2.24) is 5.48 Å². The van der Waals surface area contributed by atoms with E-state index in [1.54, 1.807) is 6.08 Å². The summed E-state index contributed by atoms with van der Waals surface area (Å²) in [6.45, 7) is 3.91. The minimum absolute atomic E-state index is 0.202. The van der Waals surface area contributed by atoms with Gasteiger partial charge < -0.3 is 4.74 Å². The van der Waals surface area contributed by atoms with Gasteiger partial charge in [-0.2, -0.15) is 5.48 Å². The summed E-state index contributed by atoms with van der Waals surface area (Å²) in [5, 5.41) is 0. The molecule has 114 valence electrons. The van der Waals surface area contributed by atoms with Gasteiger partial charge in [-0.05, 0) is 17.5 Å². The van der Waals surface area contributed by atoms with Gasteiger partial charge in [0.2, 0.25) is 0 Å². The Morgan fingerprint density at radius 3 is 2.36 bits per heavy atom. The Bertz CT molecular complexity index is 584. The SMILES string of the molecule is C=CCC(ONC(=O)OCc1ccccc1)c1ccccc1. The fourth-order valence-corrected chi connectivity index (χ4v) is 1.94. The number of hydrogen-bond acceptors (Lipinski definition) is 3. The highest BCUT2D eigenvalue weighted by atomic mass is 16.7. The number of carbonyl (C=O) groups excluding carboxylic acids is 1. The third kappa shape index (κ3) is 5.07. The number of rotatable bonds is 7. The molecule has 4 nitrogen and oxygen atoms in total. The number of benzene rings is 2. The molecule has 2 aromatic rings. The molecule has 2 rings (SSSR count). The summed E-state index contributed by atoms with van der Waals surface area (Å²) in [7, 11) is 0. The number of ether oxygens (including phenoxy) is 1. The van der Waals surface area contributed by atoms with Crippen LogP contribution in [0.15, 0.2) is 73.3 Å². The van der Waals surface area contributed by atoms with E-state index in [0.717, 1.165) is 11.1 Å². The Morgan fingerprint density at radius 1 is 1.09 bits per heavy atom. The first kappa shape index (κ1) is 15.8. The van der Waals surface area contributed by atoms with Crippen molar-refractivity contribution in [3.63, 3.8) is 0 Å². The van der Waals surface area contributed by atoms with Crippen molar-refractivity contribution in [3.05, 3.63) is 84.4 Å². The van der Waals surface area contributed by atoms with Gasteiger partial charge in [-0.15, -0.1) is 6.58 Å². The van der Waals surface area contributed by atoms with Gasteiger partial charge in [0.1, 0.15) is 12.7 Å². The van der Waals surface area contributed by atoms with Crippen LogP contribution in [0.3, 0.4) is 0 Å². The van der Waals surface area contributed by atoms with Gasteiger partial charge in [-0.25, -0.2) is 4.79 Å². The fraction of sp³-hybridized carbons (Fsp3) is 0.167. The summed E-state index contributed by atoms with van der Waals surface area (Å²) in [6, 6.07) is 19.1. The lowest BCUT2D eigenvalue weighted by Crippen LogP contribution is -2.26. The van der Waals surface area contributed by atoms with Gasteiger partial charge in [0, 0.05) is 0 Å². The molecule has 22 heavy (non-hydrogen) atoms. The molecule has 0 saturated heterocycles. The van der Waals surface area contributed by atoms with E-state index in [1.807, 2.05) is 60.7 Å². The molecule has 0 saturated carbocycles. The third-order valence-electron chi connectivity index (χ3n) is 3.05. The van der Waals surface area contributed by atoms with E-state index in [1.165, 1.54) is 0 Å². The first-order chi connectivity index (χ1) is 10.8. The molecule has 1 N–H and O–H groups in total. The predicted molar refractivity (Wildman–Crippen MR) is 84.8 cm³/mol. The lowest BCUT2D eigenvalue weighted by Gasteiger charge is -2.16. The van der Waals surface area contributed by atoms with Crippen molar-refractivity contribution in [2.75, 3.05) is 0 Å². The Kier molecular flexibility index (Phi) is 6.20.